The van der Waals surface area contributed by atoms with E-state index in [-0.39, 0.29) is 5.82 Å². The van der Waals surface area contributed by atoms with Crippen LogP contribution < -0.4 is 5.73 Å². The smallest absolute Gasteiger partial charge is 0.143 e. The molecule has 0 saturated carbocycles. The van der Waals surface area contributed by atoms with Crippen molar-refractivity contribution in [2.75, 3.05) is 5.73 Å². The Hall–Kier alpha value is -0.800. The Kier molecular flexibility index (Phi) is 1.70. The highest BCUT2D eigenvalue weighted by Crippen LogP contribution is 2.33. The highest BCUT2D eigenvalue weighted by Gasteiger charge is 2.08. The predicted octanol–water partition coefficient (Wildman–Crippen LogP) is 3.28. The number of fused-ring (bicyclic) bond motifs is 1. The molecule has 0 radical (unpaired) electrons. The van der Waals surface area contributed by atoms with E-state index in [0.717, 1.165) is 4.70 Å². The third-order valence-electron chi connectivity index (χ3n) is 1.68. The first-order valence-electron chi connectivity index (χ1n) is 3.31. The second kappa shape index (κ2) is 2.61. The van der Waals surface area contributed by atoms with Crippen LogP contribution >= 0.6 is 22.9 Å². The molecule has 0 aliphatic heterocycles. The SMILES string of the molecule is Nc1c(Cl)ccc2scc(F)c12. The Balaban J connectivity index is 2.96. The Morgan fingerprint density at radius 2 is 2.17 bits per heavy atom. The molecule has 0 saturated heterocycles. The van der Waals surface area contributed by atoms with E-state index in [1.807, 2.05) is 0 Å². The lowest BCUT2D eigenvalue weighted by molar-refractivity contribution is 0.644. The summed E-state index contributed by atoms with van der Waals surface area (Å²) in [6.45, 7) is 0. The predicted molar refractivity (Wildman–Crippen MR) is 51.2 cm³/mol. The number of thiophene rings is 1. The van der Waals surface area contributed by atoms with E-state index in [1.54, 1.807) is 12.1 Å². The molecule has 0 unspecified atom stereocenters. The minimum absolute atomic E-state index is 0.296. The average molecular weight is 202 g/mol. The lowest BCUT2D eigenvalue weighted by Gasteiger charge is -1.98. The molecule has 2 N–H and O–H groups in total. The Labute approximate surface area is 77.6 Å². The summed E-state index contributed by atoms with van der Waals surface area (Å²) in [5.74, 6) is -0.296. The fraction of sp³-hybridized carbons (Fsp3) is 0. The molecule has 1 heterocycles. The molecule has 0 fully saturated rings. The molecule has 4 heteroatoms. The van der Waals surface area contributed by atoms with E-state index in [4.69, 9.17) is 17.3 Å². The van der Waals surface area contributed by atoms with E-state index < -0.39 is 0 Å². The van der Waals surface area contributed by atoms with Crippen LogP contribution in [0.4, 0.5) is 10.1 Å². The van der Waals surface area contributed by atoms with Crippen molar-refractivity contribution in [2.24, 2.45) is 0 Å². The van der Waals surface area contributed by atoms with Crippen molar-refractivity contribution in [1.29, 1.82) is 0 Å². The minimum atomic E-state index is -0.296. The minimum Gasteiger partial charge on any atom is -0.397 e. The van der Waals surface area contributed by atoms with Gasteiger partial charge in [-0.05, 0) is 12.1 Å². The Morgan fingerprint density at radius 1 is 1.42 bits per heavy atom. The molecule has 1 aromatic carbocycles. The fourth-order valence-corrected chi connectivity index (χ4v) is 2.07. The molecule has 0 aliphatic rings. The lowest BCUT2D eigenvalue weighted by atomic mass is 10.2. The van der Waals surface area contributed by atoms with E-state index in [1.165, 1.54) is 16.7 Å². The van der Waals surface area contributed by atoms with Gasteiger partial charge in [-0.1, -0.05) is 11.6 Å². The van der Waals surface area contributed by atoms with Gasteiger partial charge in [0.25, 0.3) is 0 Å². The average Bonchev–Trinajstić information content (AvgIpc) is 2.41. The van der Waals surface area contributed by atoms with Gasteiger partial charge in [0.2, 0.25) is 0 Å². The second-order valence-corrected chi connectivity index (χ2v) is 3.74. The third-order valence-corrected chi connectivity index (χ3v) is 2.93. The maximum Gasteiger partial charge on any atom is 0.143 e. The van der Waals surface area contributed by atoms with E-state index in [9.17, 15) is 4.39 Å². The standard InChI is InChI=1S/C8H5ClFNS/c9-4-1-2-6-7(8(4)11)5(10)3-12-6/h1-3H,11H2. The molecule has 62 valence electrons. The van der Waals surface area contributed by atoms with Crippen molar-refractivity contribution >= 4 is 38.7 Å². The van der Waals surface area contributed by atoms with Crippen molar-refractivity contribution in [1.82, 2.24) is 0 Å². The lowest BCUT2D eigenvalue weighted by Crippen LogP contribution is -1.87. The van der Waals surface area contributed by atoms with Gasteiger partial charge in [-0.3, -0.25) is 0 Å². The van der Waals surface area contributed by atoms with Crippen molar-refractivity contribution in [3.63, 3.8) is 0 Å². The molecular formula is C8H5ClFNS. The number of rotatable bonds is 0. The quantitative estimate of drug-likeness (QED) is 0.651. The van der Waals surface area contributed by atoms with Crippen molar-refractivity contribution in [3.05, 3.63) is 28.4 Å². The van der Waals surface area contributed by atoms with Gasteiger partial charge < -0.3 is 5.73 Å². The normalized spacial score (nSPS) is 10.8. The molecule has 1 aromatic heterocycles. The zero-order valence-corrected chi connectivity index (χ0v) is 7.55. The van der Waals surface area contributed by atoms with Gasteiger partial charge in [0, 0.05) is 10.1 Å². The number of nitrogens with two attached hydrogens (primary N) is 1. The maximum atomic E-state index is 13.1. The number of hydrogen-bond acceptors (Lipinski definition) is 2. The van der Waals surface area contributed by atoms with Gasteiger partial charge in [-0.25, -0.2) is 4.39 Å². The second-order valence-electron chi connectivity index (χ2n) is 2.42. The molecule has 0 amide bonds. The highest BCUT2D eigenvalue weighted by molar-refractivity contribution is 7.17. The van der Waals surface area contributed by atoms with Gasteiger partial charge in [0.1, 0.15) is 5.82 Å². The van der Waals surface area contributed by atoms with Crippen LogP contribution in [0.2, 0.25) is 5.02 Å². The number of halogens is 2. The van der Waals surface area contributed by atoms with Gasteiger partial charge in [-0.2, -0.15) is 0 Å². The van der Waals surface area contributed by atoms with Crippen molar-refractivity contribution in [2.45, 2.75) is 0 Å². The van der Waals surface area contributed by atoms with Crippen LogP contribution in [-0.2, 0) is 0 Å². The van der Waals surface area contributed by atoms with Gasteiger partial charge in [0.05, 0.1) is 16.1 Å². The topological polar surface area (TPSA) is 26.0 Å². The molecule has 0 aliphatic carbocycles. The van der Waals surface area contributed by atoms with Crippen molar-refractivity contribution < 1.29 is 4.39 Å². The van der Waals surface area contributed by atoms with Crippen LogP contribution in [0.5, 0.6) is 0 Å². The number of anilines is 1. The van der Waals surface area contributed by atoms with Crippen LogP contribution in [0.1, 0.15) is 0 Å². The molecular weight excluding hydrogens is 197 g/mol. The fourth-order valence-electron chi connectivity index (χ4n) is 1.09. The Morgan fingerprint density at radius 3 is 2.92 bits per heavy atom. The summed E-state index contributed by atoms with van der Waals surface area (Å²) >= 11 is 7.05. The molecule has 12 heavy (non-hydrogen) atoms. The third kappa shape index (κ3) is 0.974. The maximum absolute atomic E-state index is 13.1. The number of nitrogen functional groups attached to an aromatic ring is 1. The molecule has 0 spiro atoms. The highest BCUT2D eigenvalue weighted by atomic mass is 35.5. The van der Waals surface area contributed by atoms with Crippen LogP contribution in [0.3, 0.4) is 0 Å². The molecule has 0 atom stereocenters. The summed E-state index contributed by atoms with van der Waals surface area (Å²) in [6.07, 6.45) is 0. The summed E-state index contributed by atoms with van der Waals surface area (Å²) in [7, 11) is 0. The largest absolute Gasteiger partial charge is 0.397 e. The molecule has 2 aromatic rings. The monoisotopic (exact) mass is 201 g/mol. The molecule has 0 bridgehead atoms. The molecule has 2 rings (SSSR count). The van der Waals surface area contributed by atoms with Crippen LogP contribution in [0.15, 0.2) is 17.5 Å². The summed E-state index contributed by atoms with van der Waals surface area (Å²) in [5.41, 5.74) is 5.93. The van der Waals surface area contributed by atoms with Gasteiger partial charge >= 0.3 is 0 Å². The van der Waals surface area contributed by atoms with Crippen LogP contribution in [-0.4, -0.2) is 0 Å². The summed E-state index contributed by atoms with van der Waals surface area (Å²) in [5, 5.41) is 2.27. The van der Waals surface area contributed by atoms with E-state index in [0.29, 0.717) is 16.1 Å². The summed E-state index contributed by atoms with van der Waals surface area (Å²) in [4.78, 5) is 0. The van der Waals surface area contributed by atoms with Crippen LogP contribution in [0, 0.1) is 5.82 Å². The zero-order chi connectivity index (χ0) is 8.72. The van der Waals surface area contributed by atoms with Gasteiger partial charge in [-0.15, -0.1) is 11.3 Å². The summed E-state index contributed by atoms with van der Waals surface area (Å²) < 4.78 is 13.9. The van der Waals surface area contributed by atoms with E-state index in [2.05, 4.69) is 0 Å². The van der Waals surface area contributed by atoms with E-state index >= 15 is 0 Å². The number of benzene rings is 1. The first-order valence-corrected chi connectivity index (χ1v) is 4.56. The first kappa shape index (κ1) is 7.83. The van der Waals surface area contributed by atoms with Gasteiger partial charge in [0.15, 0.2) is 0 Å². The summed E-state index contributed by atoms with van der Waals surface area (Å²) in [6, 6.07) is 3.44. The molecule has 1 nitrogen and oxygen atoms in total. The zero-order valence-electron chi connectivity index (χ0n) is 5.97. The van der Waals surface area contributed by atoms with Crippen molar-refractivity contribution in [3.8, 4) is 0 Å². The number of hydrogen-bond donors (Lipinski definition) is 1. The first-order chi connectivity index (χ1) is 5.70. The Bertz CT molecular complexity index is 438. The van der Waals surface area contributed by atoms with Crippen LogP contribution in [0.25, 0.3) is 10.1 Å².